The van der Waals surface area contributed by atoms with Crippen LogP contribution in [0, 0.1) is 28.2 Å². The molecule has 2 aliphatic carbocycles. The van der Waals surface area contributed by atoms with Gasteiger partial charge in [-0.1, -0.05) is 57.0 Å². The zero-order valence-electron chi connectivity index (χ0n) is 28.5. The number of nitrogens with zero attached hydrogens (tertiary/aromatic N) is 1. The van der Waals surface area contributed by atoms with Gasteiger partial charge in [0.05, 0.1) is 29.4 Å². The fourth-order valence-corrected chi connectivity index (χ4v) is 7.44. The largest absolute Gasteiger partial charge is 0.493 e. The summed E-state index contributed by atoms with van der Waals surface area (Å²) in [6.45, 7) is 8.43. The van der Waals surface area contributed by atoms with Crippen LogP contribution in [0.25, 0.3) is 0 Å². The molecule has 2 amide bonds. The van der Waals surface area contributed by atoms with Crippen molar-refractivity contribution in [1.82, 2.24) is 10.2 Å². The molecule has 0 saturated heterocycles. The smallest absolute Gasteiger partial charge is 0.249 e. The van der Waals surface area contributed by atoms with E-state index in [1.807, 2.05) is 53.8 Å². The van der Waals surface area contributed by atoms with Crippen molar-refractivity contribution in [2.45, 2.75) is 84.3 Å². The van der Waals surface area contributed by atoms with Crippen LogP contribution in [-0.2, 0) is 20.9 Å². The lowest BCUT2D eigenvalue weighted by molar-refractivity contribution is -0.149. The zero-order valence-corrected chi connectivity index (χ0v) is 30.6. The molecule has 10 nitrogen and oxygen atoms in total. The van der Waals surface area contributed by atoms with Crippen LogP contribution < -0.4 is 14.8 Å². The predicted octanol–water partition coefficient (Wildman–Crippen LogP) is 4.84. The van der Waals surface area contributed by atoms with Gasteiger partial charge in [0.25, 0.3) is 0 Å². The molecule has 0 unspecified atom stereocenters. The Balaban J connectivity index is 1.69. The molecule has 4 rings (SSSR count). The topological polar surface area (TPSA) is 135 Å². The second-order valence-electron chi connectivity index (χ2n) is 13.4. The molecule has 0 aromatic heterocycles. The number of carbonyl (C=O) groups excluding carboxylic acids is 3. The number of benzene rings is 2. The average Bonchev–Trinajstić information content (AvgIpc) is 3.07. The Morgan fingerprint density at radius 2 is 1.90 bits per heavy atom. The van der Waals surface area contributed by atoms with Crippen molar-refractivity contribution in [3.8, 4) is 11.5 Å². The first kappa shape index (κ1) is 37.8. The minimum atomic E-state index is -1.24. The second-order valence-corrected chi connectivity index (χ2v) is 14.5. The molecule has 2 aliphatic rings. The summed E-state index contributed by atoms with van der Waals surface area (Å²) in [5, 5.41) is 24.0. The molecule has 1 fully saturated rings. The van der Waals surface area contributed by atoms with Crippen LogP contribution in [0.15, 0.2) is 48.0 Å². The van der Waals surface area contributed by atoms with E-state index in [9.17, 15) is 24.6 Å². The number of halogens is 1. The molecule has 0 aliphatic heterocycles. The van der Waals surface area contributed by atoms with E-state index in [0.29, 0.717) is 50.2 Å². The van der Waals surface area contributed by atoms with E-state index >= 15 is 0 Å². The van der Waals surface area contributed by atoms with Crippen molar-refractivity contribution in [3.05, 3.63) is 68.3 Å². The molecule has 262 valence electrons. The Morgan fingerprint density at radius 1 is 1.17 bits per heavy atom. The number of ether oxygens (including phenoxy) is 3. The van der Waals surface area contributed by atoms with Crippen LogP contribution in [0.2, 0.25) is 0 Å². The van der Waals surface area contributed by atoms with Gasteiger partial charge in [0, 0.05) is 30.6 Å². The number of hydrogen-bond donors (Lipinski definition) is 3. The van der Waals surface area contributed by atoms with Crippen molar-refractivity contribution >= 4 is 40.7 Å². The number of amides is 2. The number of aliphatic hydroxyl groups excluding tert-OH is 2. The maximum Gasteiger partial charge on any atom is 0.249 e. The molecule has 2 aromatic carbocycles. The summed E-state index contributed by atoms with van der Waals surface area (Å²) >= 11 is 2.03. The third-order valence-electron chi connectivity index (χ3n) is 9.43. The minimum absolute atomic E-state index is 0.0461. The number of methoxy groups -OCH3 is 1. The average molecular weight is 777 g/mol. The monoisotopic (exact) mass is 776 g/mol. The van der Waals surface area contributed by atoms with Crippen molar-refractivity contribution < 1.29 is 38.8 Å². The van der Waals surface area contributed by atoms with E-state index in [1.54, 1.807) is 17.0 Å². The number of rotatable bonds is 14. The van der Waals surface area contributed by atoms with E-state index in [4.69, 9.17) is 14.2 Å². The summed E-state index contributed by atoms with van der Waals surface area (Å²) in [6, 6.07) is 10.2. The van der Waals surface area contributed by atoms with E-state index in [1.165, 1.54) is 13.2 Å². The van der Waals surface area contributed by atoms with Crippen molar-refractivity contribution in [2.75, 3.05) is 26.9 Å². The van der Waals surface area contributed by atoms with Crippen LogP contribution in [0.4, 0.5) is 0 Å². The third kappa shape index (κ3) is 9.58. The van der Waals surface area contributed by atoms with Gasteiger partial charge in [0.2, 0.25) is 11.8 Å². The van der Waals surface area contributed by atoms with Crippen LogP contribution in [0.1, 0.15) is 67.9 Å². The molecule has 0 spiro atoms. The molecular formula is C37H49IN2O8. The van der Waals surface area contributed by atoms with Crippen LogP contribution in [0.3, 0.4) is 0 Å². The van der Waals surface area contributed by atoms with Gasteiger partial charge in [-0.05, 0) is 83.9 Å². The van der Waals surface area contributed by atoms with Gasteiger partial charge in [-0.25, -0.2) is 0 Å². The van der Waals surface area contributed by atoms with Crippen LogP contribution in [-0.4, -0.2) is 84.4 Å². The minimum Gasteiger partial charge on any atom is -0.493 e. The maximum atomic E-state index is 14.2. The number of nitrogens with one attached hydrogen (secondary N) is 1. The van der Waals surface area contributed by atoms with Crippen molar-refractivity contribution in [3.63, 3.8) is 0 Å². The standard InChI is InChI=1S/C37H49IN2O8/c1-22(2)28-11-8-24(4)14-31(28)47-21-34(43)40(19-25-9-6-23(3)7-10-25)30-17-27(37(45)39-12-13-41)18-32(35(30)44)48-36-29(38)15-26(20-42)16-33(36)46-5/h6-7,9-10,15-16,18,20,22,24,28,30-32,35,41,44H,8,11-14,17,19,21H2,1-5H3,(H,39,45)/t24-,28+,30+,31-,32-,35-/m0/s1. The van der Waals surface area contributed by atoms with Gasteiger partial charge in [0.15, 0.2) is 11.5 Å². The maximum absolute atomic E-state index is 14.2. The fraction of sp³-hybridized carbons (Fsp3) is 0.541. The Kier molecular flexibility index (Phi) is 13.9. The van der Waals surface area contributed by atoms with Crippen molar-refractivity contribution in [2.24, 2.45) is 17.8 Å². The van der Waals surface area contributed by atoms with Crippen LogP contribution >= 0.6 is 22.6 Å². The van der Waals surface area contributed by atoms with E-state index in [0.717, 1.165) is 30.4 Å². The first-order chi connectivity index (χ1) is 22.9. The SMILES string of the molecule is COc1cc(C=O)cc(I)c1O[C@H]1C=C(C(=O)NCCO)C[C@@H](N(Cc2ccc(C)cc2)C(=O)CO[C@H]2C[C@@H](C)CC[C@@H]2C(C)C)[C@@H]1O. The van der Waals surface area contributed by atoms with Gasteiger partial charge in [-0.2, -0.15) is 0 Å². The first-order valence-corrected chi connectivity index (χ1v) is 17.8. The highest BCUT2D eigenvalue weighted by molar-refractivity contribution is 14.1. The summed E-state index contributed by atoms with van der Waals surface area (Å²) in [7, 11) is 1.45. The van der Waals surface area contributed by atoms with Gasteiger partial charge < -0.3 is 34.6 Å². The Hall–Kier alpha value is -3.00. The summed E-state index contributed by atoms with van der Waals surface area (Å²) in [5.74, 6) is 1.15. The highest BCUT2D eigenvalue weighted by Crippen LogP contribution is 2.38. The van der Waals surface area contributed by atoms with Gasteiger partial charge in [0.1, 0.15) is 25.1 Å². The predicted molar refractivity (Wildman–Crippen MR) is 191 cm³/mol. The molecule has 3 N–H and O–H groups in total. The Labute approximate surface area is 297 Å². The normalized spacial score (nSPS) is 24.1. The molecule has 48 heavy (non-hydrogen) atoms. The molecule has 0 bridgehead atoms. The lowest BCUT2D eigenvalue weighted by atomic mass is 9.75. The summed E-state index contributed by atoms with van der Waals surface area (Å²) in [6.07, 6.45) is 3.06. The molecule has 1 saturated carbocycles. The van der Waals surface area contributed by atoms with Gasteiger partial charge in [-0.15, -0.1) is 0 Å². The van der Waals surface area contributed by atoms with E-state index in [-0.39, 0.29) is 44.7 Å². The van der Waals surface area contributed by atoms with Gasteiger partial charge in [-0.3, -0.25) is 14.4 Å². The van der Waals surface area contributed by atoms with E-state index < -0.39 is 24.2 Å². The third-order valence-corrected chi connectivity index (χ3v) is 10.2. The summed E-state index contributed by atoms with van der Waals surface area (Å²) in [5.41, 5.74) is 2.65. The van der Waals surface area contributed by atoms with Crippen molar-refractivity contribution in [1.29, 1.82) is 0 Å². The molecule has 6 atom stereocenters. The quantitative estimate of drug-likeness (QED) is 0.184. The molecular weight excluding hydrogens is 727 g/mol. The Morgan fingerprint density at radius 3 is 2.54 bits per heavy atom. The van der Waals surface area contributed by atoms with Crippen LogP contribution in [0.5, 0.6) is 11.5 Å². The summed E-state index contributed by atoms with van der Waals surface area (Å²) in [4.78, 5) is 40.7. The van der Waals surface area contributed by atoms with E-state index in [2.05, 4.69) is 26.1 Å². The van der Waals surface area contributed by atoms with Gasteiger partial charge >= 0.3 is 0 Å². The number of aryl methyl sites for hydroxylation is 1. The fourth-order valence-electron chi connectivity index (χ4n) is 6.69. The number of aldehydes is 1. The molecule has 0 radical (unpaired) electrons. The lowest BCUT2D eigenvalue weighted by Gasteiger charge is -2.41. The highest BCUT2D eigenvalue weighted by atomic mass is 127. The second kappa shape index (κ2) is 17.6. The molecule has 0 heterocycles. The highest BCUT2D eigenvalue weighted by Gasteiger charge is 2.41. The summed E-state index contributed by atoms with van der Waals surface area (Å²) < 4.78 is 18.9. The first-order valence-electron chi connectivity index (χ1n) is 16.7. The zero-order chi connectivity index (χ0) is 35.0. The number of hydrogen-bond acceptors (Lipinski definition) is 8. The number of aliphatic hydroxyl groups is 2. The lowest BCUT2D eigenvalue weighted by Crippen LogP contribution is -2.55. The number of carbonyl (C=O) groups is 3. The Bertz CT molecular complexity index is 1450. The molecule has 11 heteroatoms. The molecule has 2 aromatic rings.